The second-order valence-corrected chi connectivity index (χ2v) is 12.3. The Morgan fingerprint density at radius 2 is 1.77 bits per heavy atom. The molecular formula is C28H34ClN3O7. The van der Waals surface area contributed by atoms with E-state index in [2.05, 4.69) is 18.7 Å². The maximum Gasteiger partial charge on any atom is 0.235 e. The molecule has 0 aromatic heterocycles. The second-order valence-electron chi connectivity index (χ2n) is 12.0. The Morgan fingerprint density at radius 1 is 1.15 bits per heavy atom. The molecule has 11 heteroatoms. The van der Waals surface area contributed by atoms with Gasteiger partial charge in [0.15, 0.2) is 34.7 Å². The highest BCUT2D eigenvalue weighted by Gasteiger charge is 2.69. The van der Waals surface area contributed by atoms with Crippen LogP contribution in [0.4, 0.5) is 0 Å². The number of carbonyl (C=O) groups is 5. The Morgan fingerprint density at radius 3 is 2.33 bits per heavy atom. The molecule has 210 valence electrons. The number of phenolic OH excluding ortho intramolecular Hbond substituents is 1. The molecule has 1 heterocycles. The maximum absolute atomic E-state index is 13.9. The first-order valence-electron chi connectivity index (χ1n) is 13.3. The number of phenols is 1. The number of ketones is 4. The number of likely N-dealkylation sites (N-methyl/N-ethyl adjacent to an activating group) is 1. The van der Waals surface area contributed by atoms with E-state index >= 15 is 0 Å². The first kappa shape index (κ1) is 27.9. The zero-order valence-corrected chi connectivity index (χ0v) is 23.2. The minimum atomic E-state index is -2.74. The van der Waals surface area contributed by atoms with Crippen LogP contribution in [0, 0.1) is 23.7 Å². The lowest BCUT2D eigenvalue weighted by Crippen LogP contribution is -2.74. The van der Waals surface area contributed by atoms with Crippen molar-refractivity contribution in [3.63, 3.8) is 0 Å². The Hall–Kier alpha value is -2.66. The average Bonchev–Trinajstić information content (AvgIpc) is 3.16. The molecule has 0 radical (unpaired) electrons. The maximum atomic E-state index is 13.9. The molecule has 2 unspecified atom stereocenters. The predicted octanol–water partition coefficient (Wildman–Crippen LogP) is 0.893. The van der Waals surface area contributed by atoms with E-state index in [-0.39, 0.29) is 24.2 Å². The number of nitrogens with two attached hydrogens (primary N) is 1. The van der Waals surface area contributed by atoms with E-state index in [0.717, 1.165) is 12.8 Å². The van der Waals surface area contributed by atoms with E-state index in [9.17, 15) is 34.2 Å². The summed E-state index contributed by atoms with van der Waals surface area (Å²) in [4.78, 5) is 70.0. The molecule has 1 aromatic rings. The van der Waals surface area contributed by atoms with Crippen LogP contribution in [0.15, 0.2) is 6.07 Å². The average molecular weight is 560 g/mol. The Kier molecular flexibility index (Phi) is 6.77. The van der Waals surface area contributed by atoms with E-state index in [4.69, 9.17) is 17.3 Å². The van der Waals surface area contributed by atoms with Crippen molar-refractivity contribution in [1.29, 1.82) is 0 Å². The molecule has 2 saturated carbocycles. The van der Waals surface area contributed by atoms with E-state index in [1.807, 2.05) is 0 Å². The number of aromatic hydroxyl groups is 1. The molecule has 3 fully saturated rings. The number of halogens is 1. The number of fused-ring (bicyclic) bond motifs is 3. The van der Waals surface area contributed by atoms with Gasteiger partial charge in [0.05, 0.1) is 17.5 Å². The molecule has 3 aliphatic carbocycles. The van der Waals surface area contributed by atoms with Gasteiger partial charge < -0.3 is 15.9 Å². The number of rotatable bonds is 4. The summed E-state index contributed by atoms with van der Waals surface area (Å²) in [5, 5.41) is 23.0. The van der Waals surface area contributed by atoms with Crippen LogP contribution in [0.25, 0.3) is 0 Å². The van der Waals surface area contributed by atoms with Gasteiger partial charge >= 0.3 is 0 Å². The molecule has 1 aliphatic heterocycles. The lowest BCUT2D eigenvalue weighted by Gasteiger charge is -2.52. The van der Waals surface area contributed by atoms with Gasteiger partial charge in [0, 0.05) is 29.6 Å². The number of hydrogen-bond donors (Lipinski definition) is 3. The first-order chi connectivity index (χ1) is 18.2. The van der Waals surface area contributed by atoms with Crippen LogP contribution in [-0.2, 0) is 32.1 Å². The van der Waals surface area contributed by atoms with Gasteiger partial charge in [0.2, 0.25) is 5.91 Å². The number of hydrogen-bond acceptors (Lipinski definition) is 9. The number of primary amides is 1. The first-order valence-corrected chi connectivity index (χ1v) is 13.7. The molecule has 5 rings (SSSR count). The summed E-state index contributed by atoms with van der Waals surface area (Å²) in [6, 6.07) is 0.988. The molecule has 1 saturated heterocycles. The number of Topliss-reactive ketones (excluding diaryl/α,β-unsaturated/α-hetero) is 4. The largest absolute Gasteiger partial charge is 0.507 e. The van der Waals surface area contributed by atoms with E-state index in [1.165, 1.54) is 11.0 Å². The molecule has 8 atom stereocenters. The SMILES string of the molecule is C[C@@H]1CC[C@@H](C)N1Cc1cc(O)c2c(c1Cl)C[C@H]1C[C@H]3[C@H](N(C)C)C(=O)C(C(N)=O)C(=O)[C@@]3(O)C(=O)C1C2=O. The topological polar surface area (TPSA) is 158 Å². The summed E-state index contributed by atoms with van der Waals surface area (Å²) < 4.78 is 0. The van der Waals surface area contributed by atoms with Crippen molar-refractivity contribution in [3.05, 3.63) is 27.8 Å². The van der Waals surface area contributed by atoms with Crippen LogP contribution in [0.2, 0.25) is 5.02 Å². The van der Waals surface area contributed by atoms with Gasteiger partial charge in [-0.05, 0) is 76.7 Å². The summed E-state index contributed by atoms with van der Waals surface area (Å²) in [6.07, 6.45) is 2.24. The van der Waals surface area contributed by atoms with Crippen LogP contribution in [0.1, 0.15) is 54.6 Å². The van der Waals surface area contributed by atoms with Crippen LogP contribution < -0.4 is 5.73 Å². The van der Waals surface area contributed by atoms with Gasteiger partial charge in [-0.1, -0.05) is 11.6 Å². The molecule has 1 amide bonds. The minimum Gasteiger partial charge on any atom is -0.507 e. The van der Waals surface area contributed by atoms with Gasteiger partial charge in [-0.25, -0.2) is 0 Å². The summed E-state index contributed by atoms with van der Waals surface area (Å²) in [5.74, 6) is -10.7. The van der Waals surface area contributed by atoms with Gasteiger partial charge in [0.1, 0.15) is 5.75 Å². The molecule has 4 N–H and O–H groups in total. The molecule has 0 spiro atoms. The zero-order chi connectivity index (χ0) is 28.7. The van der Waals surface area contributed by atoms with Gasteiger partial charge in [0.25, 0.3) is 0 Å². The van der Waals surface area contributed by atoms with E-state index in [1.54, 1.807) is 14.1 Å². The van der Waals surface area contributed by atoms with Crippen LogP contribution in [0.5, 0.6) is 5.75 Å². The smallest absolute Gasteiger partial charge is 0.235 e. The lowest BCUT2D eigenvalue weighted by molar-refractivity contribution is -0.181. The van der Waals surface area contributed by atoms with Crippen molar-refractivity contribution >= 4 is 40.6 Å². The summed E-state index contributed by atoms with van der Waals surface area (Å²) in [5.41, 5.74) is 3.63. The number of carbonyl (C=O) groups excluding carboxylic acids is 5. The highest BCUT2D eigenvalue weighted by atomic mass is 35.5. The van der Waals surface area contributed by atoms with Gasteiger partial charge in [-0.3, -0.25) is 33.8 Å². The summed E-state index contributed by atoms with van der Waals surface area (Å²) >= 11 is 6.86. The Balaban J connectivity index is 1.58. The number of likely N-dealkylation sites (tertiary alicyclic amines) is 1. The number of benzene rings is 1. The molecular weight excluding hydrogens is 526 g/mol. The van der Waals surface area contributed by atoms with Crippen LogP contribution in [0.3, 0.4) is 0 Å². The third-order valence-electron chi connectivity index (χ3n) is 9.56. The van der Waals surface area contributed by atoms with E-state index < -0.39 is 64.4 Å². The van der Waals surface area contributed by atoms with Crippen molar-refractivity contribution in [2.24, 2.45) is 29.4 Å². The molecule has 0 bridgehead atoms. The second kappa shape index (κ2) is 9.47. The third-order valence-corrected chi connectivity index (χ3v) is 10.0. The van der Waals surface area contributed by atoms with Crippen molar-refractivity contribution in [1.82, 2.24) is 9.80 Å². The van der Waals surface area contributed by atoms with E-state index in [0.29, 0.717) is 34.8 Å². The van der Waals surface area contributed by atoms with Crippen LogP contribution >= 0.6 is 11.6 Å². The Labute approximate surface area is 231 Å². The van der Waals surface area contributed by atoms with Gasteiger partial charge in [-0.2, -0.15) is 0 Å². The number of aliphatic hydroxyl groups is 1. The minimum absolute atomic E-state index is 0.00853. The lowest BCUT2D eigenvalue weighted by atomic mass is 9.52. The number of amides is 1. The highest BCUT2D eigenvalue weighted by Crippen LogP contribution is 2.52. The van der Waals surface area contributed by atoms with Crippen LogP contribution in [-0.4, -0.2) is 86.9 Å². The molecule has 10 nitrogen and oxygen atoms in total. The zero-order valence-electron chi connectivity index (χ0n) is 22.4. The fraction of sp³-hybridized carbons (Fsp3) is 0.607. The van der Waals surface area contributed by atoms with Crippen molar-refractivity contribution in [3.8, 4) is 5.75 Å². The standard InChI is InChI=1S/C28H34ClN3O7/c1-11-5-6-12(2)32(11)10-14-9-17(33)19-15(21(14)29)7-13-8-16-22(31(3)4)24(35)20(27(30)38)26(37)28(16,39)25(36)18(13)23(19)34/h9,11-13,16,18,20,22,33,39H,5-8,10H2,1-4H3,(H2,30,38)/t11-,12-,13+,16+,18?,20?,22+,28+/m1/s1. The van der Waals surface area contributed by atoms with Crippen molar-refractivity contribution < 1.29 is 34.2 Å². The molecule has 4 aliphatic rings. The van der Waals surface area contributed by atoms with Crippen molar-refractivity contribution in [2.45, 2.75) is 69.8 Å². The van der Waals surface area contributed by atoms with Gasteiger partial charge in [-0.15, -0.1) is 0 Å². The number of nitrogens with zero attached hydrogens (tertiary/aromatic N) is 2. The summed E-state index contributed by atoms with van der Waals surface area (Å²) in [6.45, 7) is 4.76. The normalized spacial score (nSPS) is 36.6. The predicted molar refractivity (Wildman–Crippen MR) is 140 cm³/mol. The van der Waals surface area contributed by atoms with Crippen molar-refractivity contribution in [2.75, 3.05) is 14.1 Å². The fourth-order valence-electron chi connectivity index (χ4n) is 7.58. The summed E-state index contributed by atoms with van der Waals surface area (Å²) in [7, 11) is 3.10. The molecule has 1 aromatic carbocycles. The fourth-order valence-corrected chi connectivity index (χ4v) is 7.87. The third kappa shape index (κ3) is 3.90. The monoisotopic (exact) mass is 559 g/mol. The Bertz CT molecular complexity index is 1300. The molecule has 39 heavy (non-hydrogen) atoms. The quantitative estimate of drug-likeness (QED) is 0.455. The highest BCUT2D eigenvalue weighted by molar-refractivity contribution is 6.34.